The van der Waals surface area contributed by atoms with Gasteiger partial charge in [0.05, 0.1) is 17.9 Å². The third kappa shape index (κ3) is 4.71. The first-order valence-corrected chi connectivity index (χ1v) is 6.61. The predicted molar refractivity (Wildman–Crippen MR) is 66.5 cm³/mol. The second-order valence-electron chi connectivity index (χ2n) is 3.94. The molecule has 0 saturated heterocycles. The molecule has 0 aliphatic carbocycles. The van der Waals surface area contributed by atoms with Gasteiger partial charge in [0.15, 0.2) is 0 Å². The van der Waals surface area contributed by atoms with Crippen LogP contribution < -0.4 is 5.32 Å². The average molecular weight is 254 g/mol. The number of thioether (sulfide) groups is 1. The molecule has 0 spiro atoms. The van der Waals surface area contributed by atoms with Crippen LogP contribution in [-0.2, 0) is 6.54 Å². The van der Waals surface area contributed by atoms with Crippen molar-refractivity contribution < 1.29 is 0 Å². The van der Waals surface area contributed by atoms with Gasteiger partial charge in [0.25, 0.3) is 0 Å². The second kappa shape index (κ2) is 7.25. The summed E-state index contributed by atoms with van der Waals surface area (Å²) in [4.78, 5) is 0. The smallest absolute Gasteiger partial charge is 0.210 e. The second-order valence-corrected chi connectivity index (χ2v) is 5.11. The van der Waals surface area contributed by atoms with Gasteiger partial charge >= 0.3 is 0 Å². The fourth-order valence-corrected chi connectivity index (χ4v) is 2.02. The molecule has 1 aromatic heterocycles. The fourth-order valence-electron chi connectivity index (χ4n) is 1.21. The molecule has 0 aromatic carbocycles. The molecule has 1 atom stereocenters. The highest BCUT2D eigenvalue weighted by Crippen LogP contribution is 2.21. The number of aromatic nitrogens is 4. The van der Waals surface area contributed by atoms with Crippen molar-refractivity contribution in [3.8, 4) is 6.07 Å². The molecule has 0 amide bonds. The summed E-state index contributed by atoms with van der Waals surface area (Å²) in [6, 6.07) is 2.68. The van der Waals surface area contributed by atoms with Crippen LogP contribution in [0.5, 0.6) is 0 Å². The zero-order chi connectivity index (χ0) is 12.7. The van der Waals surface area contributed by atoms with Gasteiger partial charge in [0.1, 0.15) is 0 Å². The quantitative estimate of drug-likeness (QED) is 0.733. The van der Waals surface area contributed by atoms with E-state index >= 15 is 0 Å². The van der Waals surface area contributed by atoms with E-state index in [4.69, 9.17) is 5.26 Å². The summed E-state index contributed by atoms with van der Waals surface area (Å²) in [5.41, 5.74) is 0. The Morgan fingerprint density at radius 2 is 2.29 bits per heavy atom. The molecule has 1 unspecified atom stereocenters. The number of hydrogen-bond acceptors (Lipinski definition) is 6. The molecular formula is C10H18N6S. The maximum Gasteiger partial charge on any atom is 0.210 e. The van der Waals surface area contributed by atoms with Crippen LogP contribution in [0.15, 0.2) is 5.16 Å². The fraction of sp³-hybridized carbons (Fsp3) is 0.800. The molecule has 17 heavy (non-hydrogen) atoms. The largest absolute Gasteiger partial charge is 0.313 e. The van der Waals surface area contributed by atoms with Crippen molar-refractivity contribution in [3.05, 3.63) is 0 Å². The molecule has 0 fully saturated rings. The maximum absolute atomic E-state index is 8.90. The molecule has 6 nitrogen and oxygen atoms in total. The number of nitriles is 1. The third-order valence-corrected chi connectivity index (χ3v) is 3.36. The van der Waals surface area contributed by atoms with E-state index in [2.05, 4.69) is 40.8 Å². The van der Waals surface area contributed by atoms with Crippen LogP contribution in [0, 0.1) is 11.3 Å². The highest BCUT2D eigenvalue weighted by Gasteiger charge is 2.13. The molecule has 7 heteroatoms. The van der Waals surface area contributed by atoms with Crippen LogP contribution in [0.2, 0.25) is 0 Å². The molecule has 0 aliphatic heterocycles. The molecule has 0 bridgehead atoms. The van der Waals surface area contributed by atoms with Gasteiger partial charge in [-0.15, -0.1) is 5.10 Å². The van der Waals surface area contributed by atoms with Crippen LogP contribution in [0.3, 0.4) is 0 Å². The normalized spacial score (nSPS) is 12.6. The van der Waals surface area contributed by atoms with Gasteiger partial charge in [-0.2, -0.15) is 5.26 Å². The van der Waals surface area contributed by atoms with Gasteiger partial charge < -0.3 is 5.32 Å². The Labute approximate surface area is 106 Å². The first-order chi connectivity index (χ1) is 8.17. The van der Waals surface area contributed by atoms with Crippen molar-refractivity contribution in [1.82, 2.24) is 25.5 Å². The van der Waals surface area contributed by atoms with Crippen molar-refractivity contribution in [1.29, 1.82) is 5.26 Å². The topological polar surface area (TPSA) is 79.4 Å². The Morgan fingerprint density at radius 3 is 2.88 bits per heavy atom. The van der Waals surface area contributed by atoms with Crippen LogP contribution in [0.25, 0.3) is 0 Å². The van der Waals surface area contributed by atoms with E-state index in [-0.39, 0.29) is 5.25 Å². The minimum atomic E-state index is -0.0854. The number of tetrazole rings is 1. The SMILES string of the molecule is CCC(C#N)Sc1nnnn1CCNC(C)C. The van der Waals surface area contributed by atoms with Gasteiger partial charge in [-0.3, -0.25) is 0 Å². The minimum absolute atomic E-state index is 0.0854. The molecule has 1 aromatic rings. The Bertz CT molecular complexity index is 369. The van der Waals surface area contributed by atoms with E-state index in [0.29, 0.717) is 11.2 Å². The number of nitrogens with zero attached hydrogens (tertiary/aromatic N) is 5. The van der Waals surface area contributed by atoms with Crippen molar-refractivity contribution >= 4 is 11.8 Å². The molecule has 0 radical (unpaired) electrons. The predicted octanol–water partition coefficient (Wildman–Crippen LogP) is 1.07. The van der Waals surface area contributed by atoms with Crippen molar-refractivity contribution in [3.63, 3.8) is 0 Å². The summed E-state index contributed by atoms with van der Waals surface area (Å²) in [5.74, 6) is 0. The lowest BCUT2D eigenvalue weighted by molar-refractivity contribution is 0.485. The van der Waals surface area contributed by atoms with E-state index in [0.717, 1.165) is 19.5 Å². The molecule has 1 heterocycles. The lowest BCUT2D eigenvalue weighted by Crippen LogP contribution is -2.27. The van der Waals surface area contributed by atoms with Gasteiger partial charge in [-0.25, -0.2) is 4.68 Å². The van der Waals surface area contributed by atoms with Crippen LogP contribution >= 0.6 is 11.8 Å². The Morgan fingerprint density at radius 1 is 1.53 bits per heavy atom. The van der Waals surface area contributed by atoms with E-state index in [1.807, 2.05) is 6.92 Å². The van der Waals surface area contributed by atoms with E-state index in [1.54, 1.807) is 4.68 Å². The van der Waals surface area contributed by atoms with E-state index < -0.39 is 0 Å². The van der Waals surface area contributed by atoms with Gasteiger partial charge in [-0.05, 0) is 16.8 Å². The highest BCUT2D eigenvalue weighted by molar-refractivity contribution is 8.00. The summed E-state index contributed by atoms with van der Waals surface area (Å²) in [5, 5.41) is 24.3. The van der Waals surface area contributed by atoms with Crippen molar-refractivity contribution in [2.24, 2.45) is 0 Å². The summed E-state index contributed by atoms with van der Waals surface area (Å²) in [6.07, 6.45) is 0.790. The molecule has 1 rings (SSSR count). The van der Waals surface area contributed by atoms with Crippen LogP contribution in [0.4, 0.5) is 0 Å². The van der Waals surface area contributed by atoms with Gasteiger partial charge in [0, 0.05) is 12.6 Å². The third-order valence-electron chi connectivity index (χ3n) is 2.14. The van der Waals surface area contributed by atoms with Crippen molar-refractivity contribution in [2.75, 3.05) is 6.54 Å². The summed E-state index contributed by atoms with van der Waals surface area (Å²) >= 11 is 1.42. The monoisotopic (exact) mass is 254 g/mol. The van der Waals surface area contributed by atoms with Crippen LogP contribution in [0.1, 0.15) is 27.2 Å². The molecular weight excluding hydrogens is 236 g/mol. The Hall–Kier alpha value is -1.13. The van der Waals surface area contributed by atoms with Gasteiger partial charge in [0.2, 0.25) is 5.16 Å². The zero-order valence-corrected chi connectivity index (χ0v) is 11.2. The molecule has 0 aliphatic rings. The van der Waals surface area contributed by atoms with E-state index in [1.165, 1.54) is 11.8 Å². The lowest BCUT2D eigenvalue weighted by Gasteiger charge is -2.09. The average Bonchev–Trinajstić information content (AvgIpc) is 2.73. The maximum atomic E-state index is 8.90. The Kier molecular flexibility index (Phi) is 5.94. The Balaban J connectivity index is 2.51. The lowest BCUT2D eigenvalue weighted by atomic mass is 10.4. The van der Waals surface area contributed by atoms with Crippen molar-refractivity contribution in [2.45, 2.75) is 50.2 Å². The number of nitrogens with one attached hydrogen (secondary N) is 1. The van der Waals surface area contributed by atoms with Crippen LogP contribution in [-0.4, -0.2) is 38.0 Å². The first-order valence-electron chi connectivity index (χ1n) is 5.73. The number of rotatable bonds is 7. The standard InChI is InChI=1S/C10H18N6S/c1-4-9(7-11)17-10-13-14-15-16(10)6-5-12-8(2)3/h8-9,12H,4-6H2,1-3H3. The highest BCUT2D eigenvalue weighted by atomic mass is 32.2. The van der Waals surface area contributed by atoms with E-state index in [9.17, 15) is 0 Å². The molecule has 0 saturated carbocycles. The summed E-state index contributed by atoms with van der Waals surface area (Å²) in [6.45, 7) is 7.71. The van der Waals surface area contributed by atoms with Gasteiger partial charge in [-0.1, -0.05) is 32.5 Å². The minimum Gasteiger partial charge on any atom is -0.313 e. The first kappa shape index (κ1) is 13.9. The zero-order valence-electron chi connectivity index (χ0n) is 10.4. The molecule has 1 N–H and O–H groups in total. The summed E-state index contributed by atoms with van der Waals surface area (Å²) < 4.78 is 1.74. The number of hydrogen-bond donors (Lipinski definition) is 1. The summed E-state index contributed by atoms with van der Waals surface area (Å²) in [7, 11) is 0. The molecule has 94 valence electrons.